The van der Waals surface area contributed by atoms with Gasteiger partial charge in [0.05, 0.1) is 22.3 Å². The van der Waals surface area contributed by atoms with Crippen LogP contribution in [0.3, 0.4) is 0 Å². The van der Waals surface area contributed by atoms with E-state index in [0.29, 0.717) is 11.4 Å². The van der Waals surface area contributed by atoms with E-state index in [1.807, 2.05) is 30.5 Å². The van der Waals surface area contributed by atoms with Gasteiger partial charge in [-0.2, -0.15) is 0 Å². The van der Waals surface area contributed by atoms with Crippen LogP contribution in [-0.2, 0) is 31.9 Å². The van der Waals surface area contributed by atoms with Crippen LogP contribution in [0.5, 0.6) is 5.75 Å². The monoisotopic (exact) mass is 1250 g/mol. The Bertz CT molecular complexity index is 4360. The number of fused-ring (bicyclic) bond motifs is 1. The minimum atomic E-state index is -0.355. The van der Waals surface area contributed by atoms with Crippen LogP contribution in [0.4, 0.5) is 0 Å². The molecule has 0 aliphatic carbocycles. The summed E-state index contributed by atoms with van der Waals surface area (Å²) < 4.78 is 2.26. The summed E-state index contributed by atoms with van der Waals surface area (Å²) in [5.41, 5.74) is 21.1. The van der Waals surface area contributed by atoms with Gasteiger partial charge < -0.3 is 5.11 Å². The molecule has 4 nitrogen and oxygen atoms in total. The smallest absolute Gasteiger partial charge is 0.148 e. The first-order valence-electron chi connectivity index (χ1n) is 28.1. The van der Waals surface area contributed by atoms with E-state index in [1.165, 1.54) is 22.3 Å². The first-order chi connectivity index (χ1) is 40.1. The second-order valence-corrected chi connectivity index (χ2v) is 22.4. The molecule has 0 aliphatic heterocycles. The van der Waals surface area contributed by atoms with Crippen molar-refractivity contribution in [3.8, 4) is 101 Å². The second-order valence-electron chi connectivity index (χ2n) is 22.4. The summed E-state index contributed by atoms with van der Waals surface area (Å²) in [6.45, 7) is 9.08. The molecule has 2 heterocycles. The normalized spacial score (nSPS) is 11.6. The fraction of sp³-hybridized carbons (Fsp3) is 0.0769. The molecule has 404 valence electrons. The molecule has 0 amide bonds. The molecule has 0 saturated heterocycles. The number of imidazole rings is 1. The zero-order valence-corrected chi connectivity index (χ0v) is 49.0. The number of hydrogen-bond donors (Lipinski definition) is 1. The van der Waals surface area contributed by atoms with Crippen LogP contribution in [0.25, 0.3) is 106 Å². The van der Waals surface area contributed by atoms with Crippen molar-refractivity contribution in [2.75, 3.05) is 0 Å². The van der Waals surface area contributed by atoms with Gasteiger partial charge in [-0.05, 0) is 110 Å². The van der Waals surface area contributed by atoms with Crippen molar-refractivity contribution in [1.29, 1.82) is 0 Å². The van der Waals surface area contributed by atoms with Gasteiger partial charge in [0.25, 0.3) is 0 Å². The molecular formula is C78H60N3OPt-. The largest absolute Gasteiger partial charge is 0.507 e. The molecule has 5 heteroatoms. The maximum Gasteiger partial charge on any atom is 0.148 e. The third kappa shape index (κ3) is 10.5. The van der Waals surface area contributed by atoms with E-state index in [4.69, 9.17) is 9.97 Å². The van der Waals surface area contributed by atoms with Gasteiger partial charge in [0.15, 0.2) is 0 Å². The van der Waals surface area contributed by atoms with Gasteiger partial charge in [0, 0.05) is 49.5 Å². The fourth-order valence-electron chi connectivity index (χ4n) is 11.7. The Hall–Kier alpha value is -9.47. The molecular weight excluding hydrogens is 1190 g/mol. The van der Waals surface area contributed by atoms with Crippen molar-refractivity contribution in [2.45, 2.75) is 38.5 Å². The number of phenolic OH excluding ortho intramolecular Hbond substituents is 1. The second kappa shape index (κ2) is 22.8. The van der Waals surface area contributed by atoms with Crippen LogP contribution < -0.4 is 0 Å². The molecule has 0 aliphatic rings. The van der Waals surface area contributed by atoms with E-state index in [9.17, 15) is 5.11 Å². The number of para-hydroxylation sites is 1. The molecule has 2 aromatic heterocycles. The molecule has 0 saturated carbocycles. The predicted molar refractivity (Wildman–Crippen MR) is 340 cm³/mol. The Morgan fingerprint density at radius 2 is 0.855 bits per heavy atom. The Morgan fingerprint density at radius 3 is 1.43 bits per heavy atom. The van der Waals surface area contributed by atoms with Crippen molar-refractivity contribution in [3.63, 3.8) is 0 Å². The van der Waals surface area contributed by atoms with Crippen LogP contribution in [0.1, 0.15) is 49.9 Å². The molecule has 13 rings (SSSR count). The molecule has 83 heavy (non-hydrogen) atoms. The number of aromatic nitrogens is 3. The Morgan fingerprint density at radius 1 is 0.373 bits per heavy atom. The van der Waals surface area contributed by atoms with Crippen molar-refractivity contribution >= 4 is 11.0 Å². The molecule has 0 unspecified atom stereocenters. The average Bonchev–Trinajstić information content (AvgIpc) is 3.43. The van der Waals surface area contributed by atoms with Crippen LogP contribution in [0, 0.1) is 6.07 Å². The van der Waals surface area contributed by atoms with E-state index >= 15 is 0 Å². The van der Waals surface area contributed by atoms with E-state index < -0.39 is 0 Å². The van der Waals surface area contributed by atoms with Gasteiger partial charge in [0.2, 0.25) is 0 Å². The maximum absolute atomic E-state index is 12.9. The third-order valence-electron chi connectivity index (χ3n) is 16.2. The van der Waals surface area contributed by atoms with Crippen LogP contribution >= 0.6 is 0 Å². The number of nitrogens with zero attached hydrogens (tertiary/aromatic N) is 3. The maximum atomic E-state index is 12.9. The summed E-state index contributed by atoms with van der Waals surface area (Å²) in [7, 11) is 0. The zero-order chi connectivity index (χ0) is 55.8. The van der Waals surface area contributed by atoms with E-state index in [-0.39, 0.29) is 37.6 Å². The average molecular weight is 1250 g/mol. The number of benzene rings is 11. The van der Waals surface area contributed by atoms with Crippen molar-refractivity contribution in [1.82, 2.24) is 14.5 Å². The number of phenols is 1. The molecule has 0 fully saturated rings. The van der Waals surface area contributed by atoms with Crippen LogP contribution in [0.2, 0.25) is 0 Å². The van der Waals surface area contributed by atoms with Crippen molar-refractivity contribution < 1.29 is 26.2 Å². The Balaban J connectivity index is 0.00000680. The summed E-state index contributed by atoms with van der Waals surface area (Å²) in [5, 5.41) is 12.9. The number of rotatable bonds is 12. The summed E-state index contributed by atoms with van der Waals surface area (Å²) in [5.74, 6) is 0.766. The molecule has 11 aromatic carbocycles. The van der Waals surface area contributed by atoms with Gasteiger partial charge >= 0.3 is 0 Å². The molecule has 13 aromatic rings. The molecule has 0 atom stereocenters. The quantitative estimate of drug-likeness (QED) is 0.0980. The van der Waals surface area contributed by atoms with Gasteiger partial charge in [-0.1, -0.05) is 268 Å². The van der Waals surface area contributed by atoms with Crippen LogP contribution in [0.15, 0.2) is 285 Å². The van der Waals surface area contributed by atoms with Crippen molar-refractivity contribution in [3.05, 3.63) is 314 Å². The molecule has 0 spiro atoms. The fourth-order valence-corrected chi connectivity index (χ4v) is 11.7. The van der Waals surface area contributed by atoms with E-state index in [1.54, 1.807) is 0 Å². The molecule has 0 radical (unpaired) electrons. The minimum Gasteiger partial charge on any atom is -0.507 e. The number of pyridine rings is 1. The SMILES string of the molecule is CC(C)(C)c1ccc(-n2c(-c3cc(-c4ccccc4)cc(-c4ccccc4)c3O)nc3c(-c4[c-]c(-c5cc(-c6ccc(C(C)(c7ccccc7)c7ccccc7)cc6)ccn5)cc(-c5ccccc5)c4)cccc32)c(-c2ccccc2)c1.[Pt]. The number of aromatic hydroxyl groups is 1. The van der Waals surface area contributed by atoms with Gasteiger partial charge in [-0.25, -0.2) is 4.98 Å². The first-order valence-corrected chi connectivity index (χ1v) is 28.1. The Labute approximate surface area is 501 Å². The topological polar surface area (TPSA) is 50.9 Å². The number of hydrogen-bond acceptors (Lipinski definition) is 3. The van der Waals surface area contributed by atoms with Crippen molar-refractivity contribution in [2.24, 2.45) is 0 Å². The molecule has 1 N–H and O–H groups in total. The molecule has 0 bridgehead atoms. The summed E-state index contributed by atoms with van der Waals surface area (Å²) >= 11 is 0. The zero-order valence-electron chi connectivity index (χ0n) is 46.7. The van der Waals surface area contributed by atoms with E-state index in [0.717, 1.165) is 94.7 Å². The third-order valence-corrected chi connectivity index (χ3v) is 16.2. The van der Waals surface area contributed by atoms with Gasteiger partial charge in [-0.3, -0.25) is 9.55 Å². The standard InChI is InChI=1S/C78H60N3O.Pt/c1-77(2,3)66-42-43-72(68(52-66)56-28-15-7-16-29-56)81-73-37-23-36-67(74(73)80-76(81)70-50-60(54-26-13-6-14-27-54)49-69(75(70)82)57-30-17-8-18-31-57)61-46-59(53-24-11-5-12-25-53)47-62(48-61)71-51-58(44-45-79-71)55-38-40-65(41-39-55)78(4,63-32-19-9-20-33-63)64-34-21-10-22-35-64;/h5-47,49-52,82H,1-4H3;/q-1;. The minimum absolute atomic E-state index is 0. The van der Waals surface area contributed by atoms with Gasteiger partial charge in [0.1, 0.15) is 11.6 Å². The summed E-state index contributed by atoms with van der Waals surface area (Å²) in [4.78, 5) is 10.8. The van der Waals surface area contributed by atoms with E-state index in [2.05, 4.69) is 293 Å². The van der Waals surface area contributed by atoms with Crippen LogP contribution in [-0.4, -0.2) is 19.6 Å². The summed E-state index contributed by atoms with van der Waals surface area (Å²) in [6, 6.07) is 102. The first kappa shape index (κ1) is 54.1. The Kier molecular flexibility index (Phi) is 14.9. The predicted octanol–water partition coefficient (Wildman–Crippen LogP) is 19.9. The van der Waals surface area contributed by atoms with Gasteiger partial charge in [-0.15, -0.1) is 23.8 Å². The summed E-state index contributed by atoms with van der Waals surface area (Å²) in [6.07, 6.45) is 1.91.